The lowest BCUT2D eigenvalue weighted by Gasteiger charge is -2.12. The Balaban J connectivity index is 1.69. The van der Waals surface area contributed by atoms with Crippen LogP contribution in [0.15, 0.2) is 72.8 Å². The van der Waals surface area contributed by atoms with Gasteiger partial charge in [0, 0.05) is 22.3 Å². The van der Waals surface area contributed by atoms with Crippen molar-refractivity contribution >= 4 is 39.8 Å². The van der Waals surface area contributed by atoms with Crippen molar-refractivity contribution in [2.75, 3.05) is 10.6 Å². The molecule has 0 saturated carbocycles. The van der Waals surface area contributed by atoms with Gasteiger partial charge in [-0.25, -0.2) is 4.98 Å². The standard InChI is InChI=1S/C23H20N4O/c1-15-7-11-18(12-8-15)24-22-20-5-3-4-6-21(20)26-23(27-22)25-19-13-9-17(10-14-19)16(2)28/h3-14H,1-2H3,(H2,24,25,26,27). The Morgan fingerprint density at radius 1 is 0.786 bits per heavy atom. The Labute approximate surface area is 163 Å². The summed E-state index contributed by atoms with van der Waals surface area (Å²) in [6.07, 6.45) is 0. The van der Waals surface area contributed by atoms with Crippen molar-refractivity contribution < 1.29 is 4.79 Å². The molecule has 3 aromatic carbocycles. The first kappa shape index (κ1) is 17.7. The summed E-state index contributed by atoms with van der Waals surface area (Å²) in [5.74, 6) is 1.26. The van der Waals surface area contributed by atoms with Crippen molar-refractivity contribution in [3.8, 4) is 0 Å². The largest absolute Gasteiger partial charge is 0.340 e. The molecule has 0 unspecified atom stereocenters. The normalized spacial score (nSPS) is 10.6. The number of ketones is 1. The molecule has 4 aromatic rings. The first-order valence-electron chi connectivity index (χ1n) is 9.07. The molecular formula is C23H20N4O. The fourth-order valence-corrected chi connectivity index (χ4v) is 2.92. The van der Waals surface area contributed by atoms with E-state index in [1.54, 1.807) is 19.1 Å². The first-order valence-corrected chi connectivity index (χ1v) is 9.07. The predicted octanol–water partition coefficient (Wildman–Crippen LogP) is 5.63. The molecule has 0 radical (unpaired) electrons. The number of Topliss-reactive ketones (excluding diaryl/α,β-unsaturated/α-hetero) is 1. The molecule has 4 rings (SSSR count). The van der Waals surface area contributed by atoms with Crippen molar-refractivity contribution in [2.24, 2.45) is 0 Å². The topological polar surface area (TPSA) is 66.9 Å². The molecule has 28 heavy (non-hydrogen) atoms. The number of aromatic nitrogens is 2. The Hall–Kier alpha value is -3.73. The molecule has 0 spiro atoms. The van der Waals surface area contributed by atoms with Crippen molar-refractivity contribution in [2.45, 2.75) is 13.8 Å². The minimum Gasteiger partial charge on any atom is -0.340 e. The highest BCUT2D eigenvalue weighted by molar-refractivity contribution is 5.94. The van der Waals surface area contributed by atoms with Gasteiger partial charge in [-0.05, 0) is 62.4 Å². The number of aryl methyl sites for hydroxylation is 1. The first-order chi connectivity index (χ1) is 13.6. The van der Waals surface area contributed by atoms with Gasteiger partial charge in [-0.2, -0.15) is 4.98 Å². The number of carbonyl (C=O) groups is 1. The van der Waals surface area contributed by atoms with Gasteiger partial charge in [-0.1, -0.05) is 29.8 Å². The summed E-state index contributed by atoms with van der Waals surface area (Å²) in [5, 5.41) is 7.56. The fourth-order valence-electron chi connectivity index (χ4n) is 2.92. The van der Waals surface area contributed by atoms with E-state index in [4.69, 9.17) is 0 Å². The van der Waals surface area contributed by atoms with Crippen molar-refractivity contribution in [1.82, 2.24) is 9.97 Å². The number of anilines is 4. The molecule has 1 aromatic heterocycles. The van der Waals surface area contributed by atoms with Crippen molar-refractivity contribution in [1.29, 1.82) is 0 Å². The number of rotatable bonds is 5. The van der Waals surface area contributed by atoms with Crippen LogP contribution >= 0.6 is 0 Å². The summed E-state index contributed by atoms with van der Waals surface area (Å²) in [4.78, 5) is 20.7. The summed E-state index contributed by atoms with van der Waals surface area (Å²) >= 11 is 0. The van der Waals surface area contributed by atoms with Gasteiger partial charge in [0.1, 0.15) is 5.82 Å². The summed E-state index contributed by atoms with van der Waals surface area (Å²) in [5.41, 5.74) is 4.50. The molecule has 0 saturated heterocycles. The number of benzene rings is 3. The highest BCUT2D eigenvalue weighted by atomic mass is 16.1. The minimum atomic E-state index is 0.0399. The lowest BCUT2D eigenvalue weighted by Crippen LogP contribution is -2.02. The van der Waals surface area contributed by atoms with Gasteiger partial charge in [-0.15, -0.1) is 0 Å². The smallest absolute Gasteiger partial charge is 0.229 e. The average Bonchev–Trinajstić information content (AvgIpc) is 2.70. The van der Waals surface area contributed by atoms with Gasteiger partial charge in [0.05, 0.1) is 5.52 Å². The monoisotopic (exact) mass is 368 g/mol. The van der Waals surface area contributed by atoms with E-state index in [1.807, 2.05) is 48.5 Å². The van der Waals surface area contributed by atoms with Crippen molar-refractivity contribution in [3.05, 3.63) is 83.9 Å². The molecule has 5 nitrogen and oxygen atoms in total. The zero-order valence-corrected chi connectivity index (χ0v) is 15.7. The maximum Gasteiger partial charge on any atom is 0.229 e. The lowest BCUT2D eigenvalue weighted by atomic mass is 10.1. The third-order valence-electron chi connectivity index (χ3n) is 4.47. The molecule has 1 heterocycles. The highest BCUT2D eigenvalue weighted by Crippen LogP contribution is 2.26. The van der Waals surface area contributed by atoms with Crippen LogP contribution in [0, 0.1) is 6.92 Å². The van der Waals surface area contributed by atoms with Gasteiger partial charge in [0.25, 0.3) is 0 Å². The molecule has 0 fully saturated rings. The third-order valence-corrected chi connectivity index (χ3v) is 4.47. The Morgan fingerprint density at radius 2 is 1.43 bits per heavy atom. The predicted molar refractivity (Wildman–Crippen MR) is 114 cm³/mol. The zero-order chi connectivity index (χ0) is 19.5. The van der Waals surface area contributed by atoms with Crippen LogP contribution in [-0.4, -0.2) is 15.8 Å². The number of hydrogen-bond donors (Lipinski definition) is 2. The summed E-state index contributed by atoms with van der Waals surface area (Å²) < 4.78 is 0. The summed E-state index contributed by atoms with van der Waals surface area (Å²) in [6.45, 7) is 3.61. The van der Waals surface area contributed by atoms with Gasteiger partial charge in [-0.3, -0.25) is 4.79 Å². The van der Waals surface area contributed by atoms with E-state index in [2.05, 4.69) is 39.7 Å². The van der Waals surface area contributed by atoms with Crippen LogP contribution in [0.2, 0.25) is 0 Å². The van der Waals surface area contributed by atoms with E-state index in [-0.39, 0.29) is 5.78 Å². The maximum atomic E-state index is 11.4. The molecule has 138 valence electrons. The molecule has 2 N–H and O–H groups in total. The molecule has 0 amide bonds. The van der Waals surface area contributed by atoms with Gasteiger partial charge in [0.15, 0.2) is 5.78 Å². The van der Waals surface area contributed by atoms with Crippen LogP contribution in [0.5, 0.6) is 0 Å². The molecule has 0 aliphatic rings. The third kappa shape index (κ3) is 3.83. The molecule has 0 atom stereocenters. The maximum absolute atomic E-state index is 11.4. The van der Waals surface area contributed by atoms with Gasteiger partial charge < -0.3 is 10.6 Å². The SMILES string of the molecule is CC(=O)c1ccc(Nc2nc(Nc3ccc(C)cc3)c3ccccc3n2)cc1. The van der Waals surface area contributed by atoms with Crippen molar-refractivity contribution in [3.63, 3.8) is 0 Å². The van der Waals surface area contributed by atoms with Crippen LogP contribution in [-0.2, 0) is 0 Å². The second kappa shape index (κ2) is 7.48. The van der Waals surface area contributed by atoms with Crippen LogP contribution in [0.25, 0.3) is 10.9 Å². The second-order valence-corrected chi connectivity index (χ2v) is 6.66. The van der Waals surface area contributed by atoms with Crippen LogP contribution in [0.3, 0.4) is 0 Å². The molecule has 0 aliphatic heterocycles. The van der Waals surface area contributed by atoms with Crippen LogP contribution in [0.4, 0.5) is 23.1 Å². The number of nitrogens with zero attached hydrogens (tertiary/aromatic N) is 2. The zero-order valence-electron chi connectivity index (χ0n) is 15.7. The van der Waals surface area contributed by atoms with Crippen LogP contribution in [0.1, 0.15) is 22.8 Å². The second-order valence-electron chi connectivity index (χ2n) is 6.66. The summed E-state index contributed by atoms with van der Waals surface area (Å²) in [7, 11) is 0. The molecule has 0 aliphatic carbocycles. The van der Waals surface area contributed by atoms with Gasteiger partial charge >= 0.3 is 0 Å². The van der Waals surface area contributed by atoms with Crippen LogP contribution < -0.4 is 10.6 Å². The highest BCUT2D eigenvalue weighted by Gasteiger charge is 2.09. The Morgan fingerprint density at radius 3 is 2.14 bits per heavy atom. The molecule has 5 heteroatoms. The Bertz CT molecular complexity index is 1140. The van der Waals surface area contributed by atoms with E-state index < -0.39 is 0 Å². The van der Waals surface area contributed by atoms with E-state index in [1.165, 1.54) is 5.56 Å². The number of hydrogen-bond acceptors (Lipinski definition) is 5. The van der Waals surface area contributed by atoms with E-state index in [0.717, 1.165) is 28.1 Å². The number of fused-ring (bicyclic) bond motifs is 1. The van der Waals surface area contributed by atoms with Gasteiger partial charge in [0.2, 0.25) is 5.95 Å². The minimum absolute atomic E-state index is 0.0399. The van der Waals surface area contributed by atoms with E-state index in [0.29, 0.717) is 11.5 Å². The molecule has 0 bridgehead atoms. The average molecular weight is 368 g/mol. The number of para-hydroxylation sites is 1. The number of nitrogens with one attached hydrogen (secondary N) is 2. The van der Waals surface area contributed by atoms with E-state index in [9.17, 15) is 4.79 Å². The van der Waals surface area contributed by atoms with E-state index >= 15 is 0 Å². The quantitative estimate of drug-likeness (QED) is 0.447. The Kier molecular flexibility index (Phi) is 4.72. The lowest BCUT2D eigenvalue weighted by molar-refractivity contribution is 0.101. The summed E-state index contributed by atoms with van der Waals surface area (Å²) in [6, 6.07) is 23.3. The fraction of sp³-hybridized carbons (Fsp3) is 0.0870. The molecular weight excluding hydrogens is 348 g/mol. The number of carbonyl (C=O) groups excluding carboxylic acids is 1.